The van der Waals surface area contributed by atoms with Crippen LogP contribution in [-0.4, -0.2) is 23.1 Å². The number of carbonyl (C=O) groups is 2. The predicted molar refractivity (Wildman–Crippen MR) is 77.8 cm³/mol. The number of carbonyl (C=O) groups excluding carboxylic acids is 1. The van der Waals surface area contributed by atoms with Gasteiger partial charge in [0.25, 0.3) is 0 Å². The molecule has 5 nitrogen and oxygen atoms in total. The number of urea groups is 1. The Balaban J connectivity index is 1.82. The van der Waals surface area contributed by atoms with Crippen LogP contribution in [0.2, 0.25) is 0 Å². The van der Waals surface area contributed by atoms with Crippen molar-refractivity contribution in [1.82, 2.24) is 10.6 Å². The predicted octanol–water partition coefficient (Wildman–Crippen LogP) is 2.75. The molecule has 1 fully saturated rings. The first-order chi connectivity index (χ1) is 9.60. The summed E-state index contributed by atoms with van der Waals surface area (Å²) in [7, 11) is 0. The Morgan fingerprint density at radius 1 is 1.50 bits per heavy atom. The van der Waals surface area contributed by atoms with E-state index in [0.29, 0.717) is 12.8 Å². The molecule has 1 heterocycles. The topological polar surface area (TPSA) is 78.4 Å². The molecule has 0 radical (unpaired) electrons. The first-order valence-electron chi connectivity index (χ1n) is 6.93. The van der Waals surface area contributed by atoms with Crippen molar-refractivity contribution in [3.63, 3.8) is 0 Å². The Morgan fingerprint density at radius 3 is 2.85 bits per heavy atom. The highest BCUT2D eigenvalue weighted by atomic mass is 32.1. The van der Waals surface area contributed by atoms with Gasteiger partial charge in [-0.3, -0.25) is 4.79 Å². The van der Waals surface area contributed by atoms with Crippen LogP contribution >= 0.6 is 11.3 Å². The fourth-order valence-corrected chi connectivity index (χ4v) is 3.45. The monoisotopic (exact) mass is 296 g/mol. The molecule has 2 amide bonds. The average molecular weight is 296 g/mol. The van der Waals surface area contributed by atoms with E-state index in [4.69, 9.17) is 5.11 Å². The van der Waals surface area contributed by atoms with Crippen LogP contribution in [0.4, 0.5) is 4.79 Å². The van der Waals surface area contributed by atoms with Gasteiger partial charge in [-0.05, 0) is 37.1 Å². The number of nitrogens with one attached hydrogen (secondary N) is 2. The van der Waals surface area contributed by atoms with Gasteiger partial charge in [-0.15, -0.1) is 11.3 Å². The Kier molecular flexibility index (Phi) is 5.00. The molecule has 0 saturated heterocycles. The van der Waals surface area contributed by atoms with Crippen LogP contribution in [0.25, 0.3) is 0 Å². The quantitative estimate of drug-likeness (QED) is 0.781. The van der Waals surface area contributed by atoms with Crippen molar-refractivity contribution in [2.45, 2.75) is 44.7 Å². The number of aliphatic carboxylic acids is 1. The summed E-state index contributed by atoms with van der Waals surface area (Å²) in [5, 5.41) is 16.8. The molecule has 0 aliphatic heterocycles. The van der Waals surface area contributed by atoms with Crippen LogP contribution in [0, 0.1) is 5.92 Å². The molecule has 0 bridgehead atoms. The van der Waals surface area contributed by atoms with Gasteiger partial charge in [0.15, 0.2) is 0 Å². The Bertz CT molecular complexity index is 461. The van der Waals surface area contributed by atoms with E-state index >= 15 is 0 Å². The second-order valence-electron chi connectivity index (χ2n) is 5.14. The van der Waals surface area contributed by atoms with E-state index in [-0.39, 0.29) is 24.0 Å². The highest BCUT2D eigenvalue weighted by Gasteiger charge is 2.30. The molecule has 1 aromatic rings. The molecule has 3 atom stereocenters. The van der Waals surface area contributed by atoms with Crippen molar-refractivity contribution >= 4 is 23.3 Å². The largest absolute Gasteiger partial charge is 0.481 e. The van der Waals surface area contributed by atoms with Crippen LogP contribution in [0.15, 0.2) is 17.5 Å². The third kappa shape index (κ3) is 3.72. The zero-order chi connectivity index (χ0) is 14.5. The molecule has 20 heavy (non-hydrogen) atoms. The third-order valence-corrected chi connectivity index (χ3v) is 4.70. The highest BCUT2D eigenvalue weighted by molar-refractivity contribution is 7.10. The summed E-state index contributed by atoms with van der Waals surface area (Å²) < 4.78 is 0. The fraction of sp³-hybridized carbons (Fsp3) is 0.571. The van der Waals surface area contributed by atoms with Gasteiger partial charge in [0.1, 0.15) is 0 Å². The summed E-state index contributed by atoms with van der Waals surface area (Å²) in [6.07, 6.45) is 2.73. The zero-order valence-electron chi connectivity index (χ0n) is 11.5. The smallest absolute Gasteiger partial charge is 0.315 e. The van der Waals surface area contributed by atoms with Crippen molar-refractivity contribution in [1.29, 1.82) is 0 Å². The molecule has 0 aromatic carbocycles. The van der Waals surface area contributed by atoms with Crippen molar-refractivity contribution in [2.75, 3.05) is 0 Å². The Labute approximate surface area is 122 Å². The number of hydrogen-bond donors (Lipinski definition) is 3. The van der Waals surface area contributed by atoms with Gasteiger partial charge in [-0.25, -0.2) is 4.79 Å². The lowest BCUT2D eigenvalue weighted by atomic mass is 10.1. The maximum Gasteiger partial charge on any atom is 0.315 e. The number of hydrogen-bond acceptors (Lipinski definition) is 3. The summed E-state index contributed by atoms with van der Waals surface area (Å²) in [6, 6.07) is 3.76. The van der Waals surface area contributed by atoms with Crippen LogP contribution in [0.3, 0.4) is 0 Å². The normalized spacial score (nSPS) is 23.2. The van der Waals surface area contributed by atoms with E-state index in [1.165, 1.54) is 0 Å². The Hall–Kier alpha value is -1.56. The molecular weight excluding hydrogens is 276 g/mol. The van der Waals surface area contributed by atoms with E-state index in [9.17, 15) is 9.59 Å². The molecule has 1 aliphatic rings. The summed E-state index contributed by atoms with van der Waals surface area (Å²) in [4.78, 5) is 24.0. The SMILES string of the molecule is CCC(NC(=O)NC1CCC(C(=O)O)C1)c1cccs1. The van der Waals surface area contributed by atoms with Crippen LogP contribution in [-0.2, 0) is 4.79 Å². The standard InChI is InChI=1S/C14H20N2O3S/c1-2-11(12-4-3-7-20-12)16-14(19)15-10-6-5-9(8-10)13(17)18/h3-4,7,9-11H,2,5-6,8H2,1H3,(H,17,18)(H2,15,16,19). The number of thiophene rings is 1. The maximum atomic E-state index is 12.0. The molecule has 3 unspecified atom stereocenters. The summed E-state index contributed by atoms with van der Waals surface area (Å²) in [5.74, 6) is -1.08. The molecule has 1 aromatic heterocycles. The third-order valence-electron chi connectivity index (χ3n) is 3.72. The van der Waals surface area contributed by atoms with E-state index in [1.807, 2.05) is 24.4 Å². The van der Waals surface area contributed by atoms with Crippen LogP contribution in [0.5, 0.6) is 0 Å². The number of carboxylic acid groups (broad SMARTS) is 1. The second-order valence-corrected chi connectivity index (χ2v) is 6.12. The first kappa shape index (κ1) is 14.8. The van der Waals surface area contributed by atoms with Gasteiger partial charge in [0, 0.05) is 10.9 Å². The van der Waals surface area contributed by atoms with Crippen molar-refractivity contribution in [3.05, 3.63) is 22.4 Å². The van der Waals surface area contributed by atoms with Gasteiger partial charge >= 0.3 is 12.0 Å². The lowest BCUT2D eigenvalue weighted by Gasteiger charge is -2.18. The molecule has 2 rings (SSSR count). The highest BCUT2D eigenvalue weighted by Crippen LogP contribution is 2.26. The van der Waals surface area contributed by atoms with Gasteiger partial charge in [0.05, 0.1) is 12.0 Å². The summed E-state index contributed by atoms with van der Waals surface area (Å²) in [6.45, 7) is 2.03. The van der Waals surface area contributed by atoms with Crippen LogP contribution in [0.1, 0.15) is 43.5 Å². The Morgan fingerprint density at radius 2 is 2.30 bits per heavy atom. The minimum atomic E-state index is -0.764. The van der Waals surface area contributed by atoms with E-state index < -0.39 is 5.97 Å². The van der Waals surface area contributed by atoms with E-state index in [2.05, 4.69) is 10.6 Å². The number of amides is 2. The minimum absolute atomic E-state index is 0.0201. The van der Waals surface area contributed by atoms with Gasteiger partial charge < -0.3 is 15.7 Å². The lowest BCUT2D eigenvalue weighted by molar-refractivity contribution is -0.141. The zero-order valence-corrected chi connectivity index (χ0v) is 12.3. The summed E-state index contributed by atoms with van der Waals surface area (Å²) >= 11 is 1.62. The molecule has 6 heteroatoms. The number of rotatable bonds is 5. The first-order valence-corrected chi connectivity index (χ1v) is 7.81. The minimum Gasteiger partial charge on any atom is -0.481 e. The molecule has 3 N–H and O–H groups in total. The molecular formula is C14H20N2O3S. The molecule has 1 aliphatic carbocycles. The van der Waals surface area contributed by atoms with Crippen molar-refractivity contribution in [2.24, 2.45) is 5.92 Å². The fourth-order valence-electron chi connectivity index (χ4n) is 2.59. The number of carboxylic acids is 1. The van der Waals surface area contributed by atoms with Gasteiger partial charge in [-0.1, -0.05) is 13.0 Å². The van der Waals surface area contributed by atoms with E-state index in [0.717, 1.165) is 17.7 Å². The average Bonchev–Trinajstić information content (AvgIpc) is 3.06. The lowest BCUT2D eigenvalue weighted by Crippen LogP contribution is -2.42. The van der Waals surface area contributed by atoms with Crippen molar-refractivity contribution < 1.29 is 14.7 Å². The van der Waals surface area contributed by atoms with Crippen molar-refractivity contribution in [3.8, 4) is 0 Å². The molecule has 1 saturated carbocycles. The van der Waals surface area contributed by atoms with E-state index in [1.54, 1.807) is 11.3 Å². The molecule has 110 valence electrons. The van der Waals surface area contributed by atoms with Crippen LogP contribution < -0.4 is 10.6 Å². The second kappa shape index (κ2) is 6.74. The summed E-state index contributed by atoms with van der Waals surface area (Å²) in [5.41, 5.74) is 0. The maximum absolute atomic E-state index is 12.0. The molecule has 0 spiro atoms. The van der Waals surface area contributed by atoms with Gasteiger partial charge in [0.2, 0.25) is 0 Å². The van der Waals surface area contributed by atoms with Gasteiger partial charge in [-0.2, -0.15) is 0 Å².